The largest absolute Gasteiger partial charge is 0.315 e. The summed E-state index contributed by atoms with van der Waals surface area (Å²) in [6.45, 7) is 4.49. The molecule has 1 spiro atoms. The number of anilines is 3. The molecule has 4 aromatic rings. The van der Waals surface area contributed by atoms with E-state index in [-0.39, 0.29) is 5.41 Å². The van der Waals surface area contributed by atoms with Gasteiger partial charge < -0.3 is 9.80 Å². The molecule has 260 valence electrons. The van der Waals surface area contributed by atoms with Crippen LogP contribution in [-0.4, -0.2) is 0 Å². The second-order valence-corrected chi connectivity index (χ2v) is 15.5. The van der Waals surface area contributed by atoms with Gasteiger partial charge in [0, 0.05) is 34.2 Å². The lowest BCUT2D eigenvalue weighted by Gasteiger charge is -2.39. The molecular weight excluding hydrogens is 641 g/mol. The highest BCUT2D eigenvalue weighted by Gasteiger charge is 2.55. The van der Waals surface area contributed by atoms with E-state index in [0.29, 0.717) is 0 Å². The Kier molecular flexibility index (Phi) is 7.76. The Bertz CT molecular complexity index is 2410. The Hall–Kier alpha value is -5.60. The van der Waals surface area contributed by atoms with E-state index >= 15 is 0 Å². The molecule has 0 N–H and O–H groups in total. The summed E-state index contributed by atoms with van der Waals surface area (Å²) in [5, 5.41) is 0. The third-order valence-electron chi connectivity index (χ3n) is 12.4. The average molecular weight is 687 g/mol. The van der Waals surface area contributed by atoms with Gasteiger partial charge in [0.05, 0.1) is 5.41 Å². The van der Waals surface area contributed by atoms with Gasteiger partial charge in [-0.1, -0.05) is 96.6 Å². The van der Waals surface area contributed by atoms with Crippen LogP contribution in [0.3, 0.4) is 0 Å². The number of para-hydroxylation sites is 2. The van der Waals surface area contributed by atoms with E-state index < -0.39 is 0 Å². The molecule has 0 radical (unpaired) electrons. The molecule has 2 nitrogen and oxygen atoms in total. The smallest absolute Gasteiger partial charge is 0.0683 e. The van der Waals surface area contributed by atoms with Crippen LogP contribution in [-0.2, 0) is 5.41 Å². The van der Waals surface area contributed by atoms with Crippen molar-refractivity contribution < 1.29 is 0 Å². The molecule has 0 aliphatic heterocycles. The molecule has 0 bridgehead atoms. The van der Waals surface area contributed by atoms with Crippen LogP contribution in [0.1, 0.15) is 75.0 Å². The van der Waals surface area contributed by atoms with E-state index in [9.17, 15) is 0 Å². The minimum Gasteiger partial charge on any atom is -0.315 e. The molecule has 0 aromatic heterocycles. The van der Waals surface area contributed by atoms with E-state index in [2.05, 4.69) is 169 Å². The van der Waals surface area contributed by atoms with Crippen molar-refractivity contribution in [2.24, 2.45) is 0 Å². The van der Waals surface area contributed by atoms with Gasteiger partial charge in [0.2, 0.25) is 0 Å². The minimum absolute atomic E-state index is 0.303. The van der Waals surface area contributed by atoms with Gasteiger partial charge in [0.1, 0.15) is 0 Å². The highest BCUT2D eigenvalue weighted by molar-refractivity contribution is 5.94. The second kappa shape index (κ2) is 12.8. The van der Waals surface area contributed by atoms with E-state index in [0.717, 1.165) is 51.4 Å². The Morgan fingerprint density at radius 1 is 0.547 bits per heavy atom. The van der Waals surface area contributed by atoms with Gasteiger partial charge in [0.15, 0.2) is 0 Å². The predicted octanol–water partition coefficient (Wildman–Crippen LogP) is 13.3. The lowest BCUT2D eigenvalue weighted by molar-refractivity contribution is 0.686. The molecule has 0 heterocycles. The van der Waals surface area contributed by atoms with E-state index in [1.54, 1.807) is 16.7 Å². The van der Waals surface area contributed by atoms with Crippen LogP contribution in [0.4, 0.5) is 17.1 Å². The number of rotatable bonds is 6. The van der Waals surface area contributed by atoms with Crippen molar-refractivity contribution in [3.05, 3.63) is 213 Å². The number of nitrogens with zero attached hydrogens (tertiary/aromatic N) is 2. The molecule has 10 rings (SSSR count). The topological polar surface area (TPSA) is 6.48 Å². The minimum atomic E-state index is -0.303. The molecule has 0 fully saturated rings. The highest BCUT2D eigenvalue weighted by Crippen LogP contribution is 2.66. The van der Waals surface area contributed by atoms with Gasteiger partial charge >= 0.3 is 0 Å². The lowest BCUT2D eigenvalue weighted by atomic mass is 9.65. The van der Waals surface area contributed by atoms with Crippen LogP contribution in [0, 0.1) is 6.92 Å². The number of fused-ring (bicyclic) bond motifs is 7. The summed E-state index contributed by atoms with van der Waals surface area (Å²) in [7, 11) is 0. The Morgan fingerprint density at radius 3 is 1.89 bits per heavy atom. The van der Waals surface area contributed by atoms with Gasteiger partial charge in [-0.25, -0.2) is 0 Å². The van der Waals surface area contributed by atoms with Crippen LogP contribution in [0.15, 0.2) is 196 Å². The van der Waals surface area contributed by atoms with Gasteiger partial charge in [0.25, 0.3) is 0 Å². The van der Waals surface area contributed by atoms with Gasteiger partial charge in [-0.15, -0.1) is 0 Å². The zero-order chi connectivity index (χ0) is 35.5. The number of allylic oxidation sites excluding steroid dienone is 15. The maximum atomic E-state index is 2.65. The van der Waals surface area contributed by atoms with Crippen molar-refractivity contribution >= 4 is 22.6 Å². The lowest BCUT2D eigenvalue weighted by Crippen LogP contribution is -2.32. The highest BCUT2D eigenvalue weighted by atomic mass is 15.2. The molecule has 0 amide bonds. The van der Waals surface area contributed by atoms with Gasteiger partial charge in [-0.05, 0) is 170 Å². The first kappa shape index (κ1) is 32.1. The van der Waals surface area contributed by atoms with Crippen molar-refractivity contribution in [3.63, 3.8) is 0 Å². The van der Waals surface area contributed by atoms with Crippen molar-refractivity contribution in [1.82, 2.24) is 0 Å². The van der Waals surface area contributed by atoms with Crippen LogP contribution < -0.4 is 9.80 Å². The second-order valence-electron chi connectivity index (χ2n) is 15.5. The van der Waals surface area contributed by atoms with E-state index in [4.69, 9.17) is 0 Å². The quantitative estimate of drug-likeness (QED) is 0.199. The van der Waals surface area contributed by atoms with Crippen LogP contribution in [0.5, 0.6) is 0 Å². The Balaban J connectivity index is 1.20. The first-order valence-electron chi connectivity index (χ1n) is 19.6. The summed E-state index contributed by atoms with van der Waals surface area (Å²) in [4.78, 5) is 5.10. The molecule has 0 saturated carbocycles. The molecule has 53 heavy (non-hydrogen) atoms. The average Bonchev–Trinajstić information content (AvgIpc) is 3.66. The fraction of sp³-hybridized carbons (Fsp3) is 0.216. The fourth-order valence-electron chi connectivity index (χ4n) is 10.2. The van der Waals surface area contributed by atoms with Crippen LogP contribution in [0.25, 0.3) is 5.57 Å². The number of benzene rings is 4. The monoisotopic (exact) mass is 686 g/mol. The third-order valence-corrected chi connectivity index (χ3v) is 12.4. The fourth-order valence-corrected chi connectivity index (χ4v) is 10.2. The maximum absolute atomic E-state index is 2.65. The van der Waals surface area contributed by atoms with E-state index in [1.807, 2.05) is 0 Å². The van der Waals surface area contributed by atoms with Crippen molar-refractivity contribution in [1.29, 1.82) is 0 Å². The molecule has 6 aliphatic carbocycles. The molecule has 1 atom stereocenters. The number of hydrogen-bond donors (Lipinski definition) is 0. The normalized spacial score (nSPS) is 21.4. The summed E-state index contributed by atoms with van der Waals surface area (Å²) >= 11 is 0. The summed E-state index contributed by atoms with van der Waals surface area (Å²) in [5.41, 5.74) is 22.3. The van der Waals surface area contributed by atoms with Gasteiger partial charge in [-0.3, -0.25) is 0 Å². The zero-order valence-electron chi connectivity index (χ0n) is 30.9. The van der Waals surface area contributed by atoms with Crippen LogP contribution >= 0.6 is 0 Å². The zero-order valence-corrected chi connectivity index (χ0v) is 30.9. The Labute approximate surface area is 314 Å². The SMILES string of the molecule is CC1=CC(N(C2=CC3=C(CC2)C2=C(C=C(N(c4ccccc4)c4cccc(C)c4)CC2)C32C3=C(C=CCC3)c3ccccc32)c2ccccc2)=CCC1. The summed E-state index contributed by atoms with van der Waals surface area (Å²) in [5.74, 6) is 0. The van der Waals surface area contributed by atoms with Gasteiger partial charge in [-0.2, -0.15) is 0 Å². The molecule has 6 aliphatic rings. The molecule has 4 aromatic carbocycles. The van der Waals surface area contributed by atoms with Crippen LogP contribution in [0.2, 0.25) is 0 Å². The summed E-state index contributed by atoms with van der Waals surface area (Å²) in [6.07, 6.45) is 23.5. The maximum Gasteiger partial charge on any atom is 0.0683 e. The van der Waals surface area contributed by atoms with Crippen molar-refractivity contribution in [2.75, 3.05) is 9.80 Å². The molecule has 1 unspecified atom stereocenters. The predicted molar refractivity (Wildman–Crippen MR) is 222 cm³/mol. The molecule has 0 saturated heterocycles. The summed E-state index contributed by atoms with van der Waals surface area (Å²) in [6, 6.07) is 40.5. The number of aryl methyl sites for hydroxylation is 1. The van der Waals surface area contributed by atoms with Crippen molar-refractivity contribution in [2.45, 2.75) is 70.6 Å². The first-order valence-corrected chi connectivity index (χ1v) is 19.6. The molecule has 2 heteroatoms. The standard InChI is InChI=1S/C51H46N2/c1-35-15-13-21-39(31-35)52(37-17-5-3-6-18-37)41-27-29-45-46-30-28-42(53(38-19-7-4-8-20-38)40-22-14-16-36(2)32-40)34-50(46)51(49(45)33-41)47-25-11-9-23-43(47)44-24-10-12-26-48(44)51/h3-11,13,15,17-25,31-34H,12,14,16,26-30H2,1-2H3. The van der Waals surface area contributed by atoms with Crippen molar-refractivity contribution in [3.8, 4) is 0 Å². The summed E-state index contributed by atoms with van der Waals surface area (Å²) < 4.78 is 0. The van der Waals surface area contributed by atoms with E-state index in [1.165, 1.54) is 73.1 Å². The number of hydrogen-bond acceptors (Lipinski definition) is 2. The molecular formula is C51H46N2. The Morgan fingerprint density at radius 2 is 1.19 bits per heavy atom. The first-order chi connectivity index (χ1) is 26.1. The third kappa shape index (κ3) is 5.06.